The van der Waals surface area contributed by atoms with Crippen molar-refractivity contribution in [1.29, 1.82) is 0 Å². The van der Waals surface area contributed by atoms with Crippen molar-refractivity contribution in [2.75, 3.05) is 34.3 Å². The Hall–Kier alpha value is -2.19. The molecule has 0 N–H and O–H groups in total. The molecule has 0 unspecified atom stereocenters. The Morgan fingerprint density at radius 3 is 2.92 bits per heavy atom. The van der Waals surface area contributed by atoms with Crippen molar-refractivity contribution in [3.05, 3.63) is 34.9 Å². The van der Waals surface area contributed by atoms with E-state index in [2.05, 4.69) is 10.00 Å². The predicted octanol–water partition coefficient (Wildman–Crippen LogP) is -0.326. The van der Waals surface area contributed by atoms with Crippen molar-refractivity contribution in [3.8, 4) is 0 Å². The number of hydrogen-bond donors (Lipinski definition) is 0. The lowest BCUT2D eigenvalue weighted by atomic mass is 10.2. The van der Waals surface area contributed by atoms with Crippen molar-refractivity contribution in [1.82, 2.24) is 24.0 Å². The van der Waals surface area contributed by atoms with Crippen LogP contribution in [0.15, 0.2) is 29.2 Å². The highest BCUT2D eigenvalue weighted by molar-refractivity contribution is 5.75. The molecular weight excluding hydrogens is 310 g/mol. The third kappa shape index (κ3) is 3.20. The van der Waals surface area contributed by atoms with Crippen LogP contribution < -0.4 is 5.69 Å². The van der Waals surface area contributed by atoms with Crippen molar-refractivity contribution < 1.29 is 9.53 Å². The third-order valence-electron chi connectivity index (χ3n) is 4.67. The number of pyridine rings is 1. The third-order valence-corrected chi connectivity index (χ3v) is 4.67. The van der Waals surface area contributed by atoms with E-state index in [9.17, 15) is 9.59 Å². The topological polar surface area (TPSA) is 72.1 Å². The number of carbonyl (C=O) groups excluding carboxylic acids is 1. The number of aromatic nitrogens is 3. The number of nitrogens with zero attached hydrogens (tertiary/aromatic N) is 5. The van der Waals surface area contributed by atoms with Gasteiger partial charge in [-0.05, 0) is 25.6 Å². The largest absolute Gasteiger partial charge is 0.380 e. The number of carbonyl (C=O) groups is 1. The first kappa shape index (κ1) is 16.7. The summed E-state index contributed by atoms with van der Waals surface area (Å²) < 4.78 is 8.04. The molecule has 0 radical (unpaired) electrons. The van der Waals surface area contributed by atoms with Gasteiger partial charge in [-0.1, -0.05) is 6.07 Å². The van der Waals surface area contributed by atoms with Crippen molar-refractivity contribution in [3.63, 3.8) is 0 Å². The summed E-state index contributed by atoms with van der Waals surface area (Å²) in [7, 11) is 5.51. The lowest BCUT2D eigenvalue weighted by Crippen LogP contribution is -2.41. The molecule has 3 heterocycles. The van der Waals surface area contributed by atoms with Crippen LogP contribution in [0.1, 0.15) is 6.42 Å². The van der Waals surface area contributed by atoms with Gasteiger partial charge in [0.1, 0.15) is 6.54 Å². The van der Waals surface area contributed by atoms with E-state index in [1.54, 1.807) is 37.4 Å². The van der Waals surface area contributed by atoms with Gasteiger partial charge in [0, 0.05) is 39.5 Å². The first-order chi connectivity index (χ1) is 11.5. The minimum Gasteiger partial charge on any atom is -0.380 e. The molecule has 8 heteroatoms. The molecule has 2 atom stereocenters. The van der Waals surface area contributed by atoms with Crippen molar-refractivity contribution in [2.24, 2.45) is 0 Å². The van der Waals surface area contributed by atoms with E-state index in [1.807, 2.05) is 13.1 Å². The van der Waals surface area contributed by atoms with Crippen LogP contribution in [0.25, 0.3) is 5.65 Å². The highest BCUT2D eigenvalue weighted by atomic mass is 16.5. The molecule has 0 aromatic carbocycles. The minimum atomic E-state index is -0.301. The summed E-state index contributed by atoms with van der Waals surface area (Å²) in [6.07, 6.45) is 2.76. The second kappa shape index (κ2) is 6.74. The quantitative estimate of drug-likeness (QED) is 0.749. The monoisotopic (exact) mass is 333 g/mol. The normalized spacial score (nSPS) is 21.5. The number of likely N-dealkylation sites (tertiary alicyclic amines) is 1. The Bertz CT molecular complexity index is 783. The molecule has 0 spiro atoms. The number of likely N-dealkylation sites (N-methyl/N-ethyl adjacent to an activating group) is 2. The maximum Gasteiger partial charge on any atom is 0.350 e. The van der Waals surface area contributed by atoms with Gasteiger partial charge in [-0.15, -0.1) is 5.10 Å². The van der Waals surface area contributed by atoms with Crippen LogP contribution in [0.4, 0.5) is 0 Å². The first-order valence-electron chi connectivity index (χ1n) is 8.00. The molecular formula is C16H23N5O3. The molecule has 1 amide bonds. The Labute approximate surface area is 140 Å². The van der Waals surface area contributed by atoms with Gasteiger partial charge in [0.2, 0.25) is 5.91 Å². The Morgan fingerprint density at radius 2 is 2.25 bits per heavy atom. The number of amides is 1. The zero-order valence-corrected chi connectivity index (χ0v) is 14.3. The highest BCUT2D eigenvalue weighted by Gasteiger charge is 2.31. The molecule has 3 rings (SSSR count). The predicted molar refractivity (Wildman–Crippen MR) is 88.9 cm³/mol. The van der Waals surface area contributed by atoms with E-state index in [0.717, 1.165) is 13.0 Å². The zero-order valence-electron chi connectivity index (χ0n) is 14.3. The fourth-order valence-corrected chi connectivity index (χ4v) is 3.15. The van der Waals surface area contributed by atoms with Gasteiger partial charge in [0.15, 0.2) is 5.65 Å². The lowest BCUT2D eigenvalue weighted by Gasteiger charge is -2.25. The van der Waals surface area contributed by atoms with E-state index >= 15 is 0 Å². The van der Waals surface area contributed by atoms with E-state index < -0.39 is 0 Å². The molecule has 1 saturated heterocycles. The summed E-state index contributed by atoms with van der Waals surface area (Å²) in [5, 5.41) is 4.20. The molecule has 2 aromatic rings. The minimum absolute atomic E-state index is 0.0544. The SMILES string of the molecule is CO[C@H]1C[C@@H](CN(C)C(=O)Cn2nc3ccccn3c2=O)N(C)C1. The van der Waals surface area contributed by atoms with Crippen LogP contribution in [0, 0.1) is 0 Å². The van der Waals surface area contributed by atoms with Crippen LogP contribution in [-0.2, 0) is 16.1 Å². The number of rotatable bonds is 5. The lowest BCUT2D eigenvalue weighted by molar-refractivity contribution is -0.131. The molecule has 2 aromatic heterocycles. The van der Waals surface area contributed by atoms with Gasteiger partial charge in [-0.3, -0.25) is 14.1 Å². The Morgan fingerprint density at radius 1 is 1.46 bits per heavy atom. The van der Waals surface area contributed by atoms with E-state index in [0.29, 0.717) is 12.2 Å². The summed E-state index contributed by atoms with van der Waals surface area (Å²) in [5.74, 6) is -0.130. The molecule has 0 aliphatic carbocycles. The van der Waals surface area contributed by atoms with Gasteiger partial charge in [0.25, 0.3) is 0 Å². The molecule has 8 nitrogen and oxygen atoms in total. The Kier molecular flexibility index (Phi) is 4.68. The molecule has 0 bridgehead atoms. The molecule has 24 heavy (non-hydrogen) atoms. The summed E-state index contributed by atoms with van der Waals surface area (Å²) in [4.78, 5) is 28.6. The molecule has 0 saturated carbocycles. The van der Waals surface area contributed by atoms with Crippen molar-refractivity contribution >= 4 is 11.6 Å². The standard InChI is InChI=1S/C16H23N5O3/c1-18-10-13(24-3)8-12(18)9-19(2)15(22)11-21-16(23)20-7-5-4-6-14(20)17-21/h4-7,12-13H,8-11H2,1-3H3/t12-,13-/m0/s1. The number of methoxy groups -OCH3 is 1. The summed E-state index contributed by atoms with van der Waals surface area (Å²) in [6.45, 7) is 1.42. The second-order valence-corrected chi connectivity index (χ2v) is 6.33. The molecule has 130 valence electrons. The average molecular weight is 333 g/mol. The maximum atomic E-state index is 12.5. The van der Waals surface area contributed by atoms with Gasteiger partial charge < -0.3 is 9.64 Å². The smallest absolute Gasteiger partial charge is 0.350 e. The van der Waals surface area contributed by atoms with Gasteiger partial charge in [0.05, 0.1) is 6.10 Å². The fourth-order valence-electron chi connectivity index (χ4n) is 3.15. The molecule has 1 aliphatic rings. The second-order valence-electron chi connectivity index (χ2n) is 6.33. The van der Waals surface area contributed by atoms with Gasteiger partial charge in [-0.25, -0.2) is 9.48 Å². The summed E-state index contributed by atoms with van der Waals surface area (Å²) >= 11 is 0. The number of hydrogen-bond acceptors (Lipinski definition) is 5. The average Bonchev–Trinajstić information content (AvgIpc) is 3.08. The Balaban J connectivity index is 1.65. The van der Waals surface area contributed by atoms with Gasteiger partial charge in [-0.2, -0.15) is 0 Å². The van der Waals surface area contributed by atoms with E-state index in [-0.39, 0.29) is 30.3 Å². The van der Waals surface area contributed by atoms with Crippen LogP contribution in [0.3, 0.4) is 0 Å². The summed E-state index contributed by atoms with van der Waals surface area (Å²) in [5.41, 5.74) is 0.237. The van der Waals surface area contributed by atoms with Gasteiger partial charge >= 0.3 is 5.69 Å². The molecule has 1 aliphatic heterocycles. The summed E-state index contributed by atoms with van der Waals surface area (Å²) in [6, 6.07) is 5.57. The van der Waals surface area contributed by atoms with Crippen LogP contribution in [-0.4, -0.2) is 76.3 Å². The van der Waals surface area contributed by atoms with Crippen molar-refractivity contribution in [2.45, 2.75) is 25.1 Å². The highest BCUT2D eigenvalue weighted by Crippen LogP contribution is 2.18. The first-order valence-corrected chi connectivity index (χ1v) is 8.00. The van der Waals surface area contributed by atoms with E-state index in [4.69, 9.17) is 4.74 Å². The maximum absolute atomic E-state index is 12.5. The van der Waals surface area contributed by atoms with Crippen LogP contribution >= 0.6 is 0 Å². The zero-order chi connectivity index (χ0) is 17.3. The van der Waals surface area contributed by atoms with Crippen LogP contribution in [0.5, 0.6) is 0 Å². The fraction of sp³-hybridized carbons (Fsp3) is 0.562. The number of fused-ring (bicyclic) bond motifs is 1. The number of ether oxygens (including phenoxy) is 1. The van der Waals surface area contributed by atoms with Crippen LogP contribution in [0.2, 0.25) is 0 Å². The van der Waals surface area contributed by atoms with E-state index in [1.165, 1.54) is 9.08 Å². The molecule has 1 fully saturated rings.